The first-order valence-electron chi connectivity index (χ1n) is 3.44. The number of rotatable bonds is 2. The maximum Gasteiger partial charge on any atom is 0.109 e. The Morgan fingerprint density at radius 3 is 3.00 bits per heavy atom. The van der Waals surface area contributed by atoms with Gasteiger partial charge in [-0.15, -0.1) is 0 Å². The van der Waals surface area contributed by atoms with Crippen LogP contribution in [-0.4, -0.2) is 9.67 Å². The van der Waals surface area contributed by atoms with Crippen molar-refractivity contribution in [2.45, 2.75) is 19.6 Å². The fourth-order valence-electron chi connectivity index (χ4n) is 0.886. The van der Waals surface area contributed by atoms with E-state index in [1.165, 1.54) is 0 Å². The molecule has 1 heterocycles. The van der Waals surface area contributed by atoms with Crippen LogP contribution in [0.15, 0.2) is 18.5 Å². The zero-order chi connectivity index (χ0) is 8.27. The van der Waals surface area contributed by atoms with Gasteiger partial charge in [-0.2, -0.15) is 5.26 Å². The van der Waals surface area contributed by atoms with E-state index in [4.69, 9.17) is 10.4 Å². The molecule has 0 amide bonds. The number of hydrogen-bond acceptors (Lipinski definition) is 2. The summed E-state index contributed by atoms with van der Waals surface area (Å²) in [6.45, 7) is 2.04. The summed E-state index contributed by atoms with van der Waals surface area (Å²) >= 11 is 0. The molecule has 1 N–H and O–H groups in total. The van der Waals surface area contributed by atoms with Crippen molar-refractivity contribution >= 4 is 0 Å². The van der Waals surface area contributed by atoms with E-state index in [9.17, 15) is 0 Å². The number of aliphatic hydroxyl groups is 1. The van der Waals surface area contributed by atoms with Crippen LogP contribution in [-0.2, 0) is 6.54 Å². The average molecular weight is 150 g/mol. The molecule has 0 aliphatic heterocycles. The van der Waals surface area contributed by atoms with Crippen molar-refractivity contribution in [2.24, 2.45) is 0 Å². The number of aliphatic hydroxyl groups excluding tert-OH is 1. The second kappa shape index (κ2) is 3.22. The van der Waals surface area contributed by atoms with Gasteiger partial charge in [0.05, 0.1) is 12.2 Å². The normalized spacial score (nSPS) is 12.5. The first-order valence-corrected chi connectivity index (χ1v) is 3.44. The van der Waals surface area contributed by atoms with Crippen LogP contribution in [0.1, 0.15) is 18.6 Å². The Morgan fingerprint density at radius 1 is 1.82 bits per heavy atom. The minimum Gasteiger partial charge on any atom is -0.389 e. The lowest BCUT2D eigenvalue weighted by Gasteiger charge is -1.97. The Bertz CT molecular complexity index is 270. The monoisotopic (exact) mass is 150 g/mol. The summed E-state index contributed by atoms with van der Waals surface area (Å²) in [5, 5.41) is 17.4. The van der Waals surface area contributed by atoms with E-state index in [-0.39, 0.29) is 0 Å². The lowest BCUT2D eigenvalue weighted by molar-refractivity contribution is 0.199. The molecule has 58 valence electrons. The summed E-state index contributed by atoms with van der Waals surface area (Å²) in [6.07, 6.45) is 3.11. The zero-order valence-electron chi connectivity index (χ0n) is 6.36. The molecule has 0 aromatic carbocycles. The van der Waals surface area contributed by atoms with Gasteiger partial charge in [-0.25, -0.2) is 0 Å². The Morgan fingerprint density at radius 2 is 2.55 bits per heavy atom. The predicted octanol–water partition coefficient (Wildman–Crippen LogP) is 1.06. The highest BCUT2D eigenvalue weighted by molar-refractivity contribution is 5.13. The largest absolute Gasteiger partial charge is 0.389 e. The maximum absolute atomic E-state index is 9.11. The summed E-state index contributed by atoms with van der Waals surface area (Å²) in [6, 6.07) is 3.83. The summed E-state index contributed by atoms with van der Waals surface area (Å²) < 4.78 is 1.74. The summed E-state index contributed by atoms with van der Waals surface area (Å²) in [5.74, 6) is 0. The molecule has 1 rings (SSSR count). The molecule has 3 heteroatoms. The molecular weight excluding hydrogens is 140 g/mol. The first-order chi connectivity index (χ1) is 5.24. The van der Waals surface area contributed by atoms with Crippen LogP contribution in [0.2, 0.25) is 0 Å². The molecule has 0 saturated carbocycles. The molecule has 0 aliphatic carbocycles. The van der Waals surface area contributed by atoms with Crippen LogP contribution in [0.25, 0.3) is 0 Å². The Balaban J connectivity index is 2.75. The van der Waals surface area contributed by atoms with Gasteiger partial charge in [-0.3, -0.25) is 0 Å². The van der Waals surface area contributed by atoms with Crippen LogP contribution < -0.4 is 0 Å². The lowest BCUT2D eigenvalue weighted by Crippen LogP contribution is -1.91. The van der Waals surface area contributed by atoms with Crippen molar-refractivity contribution in [3.8, 4) is 6.07 Å². The minimum atomic E-state index is -0.449. The van der Waals surface area contributed by atoms with Gasteiger partial charge in [0, 0.05) is 12.4 Å². The van der Waals surface area contributed by atoms with E-state index in [1.54, 1.807) is 23.9 Å². The summed E-state index contributed by atoms with van der Waals surface area (Å²) in [7, 11) is 0. The molecule has 1 unspecified atom stereocenters. The minimum absolute atomic E-state index is 0.340. The fraction of sp³-hybridized carbons (Fsp3) is 0.375. The van der Waals surface area contributed by atoms with Crippen molar-refractivity contribution < 1.29 is 5.11 Å². The van der Waals surface area contributed by atoms with Gasteiger partial charge in [0.2, 0.25) is 0 Å². The Kier molecular flexibility index (Phi) is 2.29. The fourth-order valence-corrected chi connectivity index (χ4v) is 0.886. The standard InChI is InChI=1S/C8H10N2O/c1-7(11)8-2-4-10(6-8)5-3-9/h2,4,6-7,11H,5H2,1H3. The highest BCUT2D eigenvalue weighted by Crippen LogP contribution is 2.11. The third-order valence-electron chi connectivity index (χ3n) is 1.51. The van der Waals surface area contributed by atoms with E-state index in [1.807, 2.05) is 12.1 Å². The second-order valence-electron chi connectivity index (χ2n) is 2.45. The lowest BCUT2D eigenvalue weighted by atomic mass is 10.2. The van der Waals surface area contributed by atoms with Gasteiger partial charge in [0.1, 0.15) is 6.54 Å². The van der Waals surface area contributed by atoms with Gasteiger partial charge in [0.15, 0.2) is 0 Å². The molecule has 1 atom stereocenters. The molecule has 0 bridgehead atoms. The molecule has 0 saturated heterocycles. The third-order valence-corrected chi connectivity index (χ3v) is 1.51. The van der Waals surface area contributed by atoms with Crippen LogP contribution >= 0.6 is 0 Å². The molecule has 0 spiro atoms. The maximum atomic E-state index is 9.11. The Hall–Kier alpha value is -1.27. The van der Waals surface area contributed by atoms with E-state index in [2.05, 4.69) is 0 Å². The molecule has 0 fully saturated rings. The van der Waals surface area contributed by atoms with Gasteiger partial charge in [-0.1, -0.05) is 0 Å². The SMILES string of the molecule is CC(O)c1ccn(CC#N)c1. The zero-order valence-corrected chi connectivity index (χ0v) is 6.36. The molecule has 1 aromatic heterocycles. The average Bonchev–Trinajstić information content (AvgIpc) is 2.37. The number of aromatic nitrogens is 1. The number of nitriles is 1. The quantitative estimate of drug-likeness (QED) is 0.685. The number of hydrogen-bond donors (Lipinski definition) is 1. The van der Waals surface area contributed by atoms with E-state index in [0.717, 1.165) is 5.56 Å². The van der Waals surface area contributed by atoms with Gasteiger partial charge in [-0.05, 0) is 18.6 Å². The van der Waals surface area contributed by atoms with Crippen LogP contribution in [0, 0.1) is 11.3 Å². The van der Waals surface area contributed by atoms with Crippen molar-refractivity contribution in [3.05, 3.63) is 24.0 Å². The van der Waals surface area contributed by atoms with Crippen LogP contribution in [0.3, 0.4) is 0 Å². The highest BCUT2D eigenvalue weighted by atomic mass is 16.3. The van der Waals surface area contributed by atoms with Crippen molar-refractivity contribution in [3.63, 3.8) is 0 Å². The highest BCUT2D eigenvalue weighted by Gasteiger charge is 2.01. The third kappa shape index (κ3) is 1.82. The van der Waals surface area contributed by atoms with Gasteiger partial charge < -0.3 is 9.67 Å². The van der Waals surface area contributed by atoms with E-state index in [0.29, 0.717) is 6.54 Å². The Labute approximate surface area is 65.5 Å². The molecule has 0 radical (unpaired) electrons. The van der Waals surface area contributed by atoms with E-state index < -0.39 is 6.10 Å². The van der Waals surface area contributed by atoms with Crippen molar-refractivity contribution in [1.82, 2.24) is 4.57 Å². The van der Waals surface area contributed by atoms with Crippen LogP contribution in [0.4, 0.5) is 0 Å². The molecular formula is C8H10N2O. The van der Waals surface area contributed by atoms with E-state index >= 15 is 0 Å². The topological polar surface area (TPSA) is 49.0 Å². The molecule has 3 nitrogen and oxygen atoms in total. The van der Waals surface area contributed by atoms with Crippen molar-refractivity contribution in [1.29, 1.82) is 5.26 Å². The number of nitrogens with zero attached hydrogens (tertiary/aromatic N) is 2. The summed E-state index contributed by atoms with van der Waals surface area (Å²) in [5.41, 5.74) is 0.847. The molecule has 1 aromatic rings. The first kappa shape index (κ1) is 7.83. The predicted molar refractivity (Wildman–Crippen MR) is 40.7 cm³/mol. The van der Waals surface area contributed by atoms with Crippen molar-refractivity contribution in [2.75, 3.05) is 0 Å². The molecule has 11 heavy (non-hydrogen) atoms. The summed E-state index contributed by atoms with van der Waals surface area (Å²) in [4.78, 5) is 0. The molecule has 0 aliphatic rings. The second-order valence-corrected chi connectivity index (χ2v) is 2.45. The van der Waals surface area contributed by atoms with Gasteiger partial charge in [0.25, 0.3) is 0 Å². The van der Waals surface area contributed by atoms with Gasteiger partial charge >= 0.3 is 0 Å². The van der Waals surface area contributed by atoms with Crippen LogP contribution in [0.5, 0.6) is 0 Å². The smallest absolute Gasteiger partial charge is 0.109 e.